The molecule has 0 aliphatic heterocycles. The average Bonchev–Trinajstić information content (AvgIpc) is 2.81. The van der Waals surface area contributed by atoms with E-state index in [2.05, 4.69) is 10.2 Å². The Morgan fingerprint density at radius 2 is 2.00 bits per heavy atom. The van der Waals surface area contributed by atoms with E-state index in [1.54, 1.807) is 0 Å². The fourth-order valence-corrected chi connectivity index (χ4v) is 1.52. The first-order valence-corrected chi connectivity index (χ1v) is 4.83. The van der Waals surface area contributed by atoms with Crippen LogP contribution in [-0.2, 0) is 0 Å². The van der Waals surface area contributed by atoms with Crippen LogP contribution in [0.5, 0.6) is 5.75 Å². The minimum atomic E-state index is -1.40. The molecule has 0 saturated heterocycles. The van der Waals surface area contributed by atoms with Gasteiger partial charge in [0.25, 0.3) is 0 Å². The number of halogens is 2. The van der Waals surface area contributed by atoms with Crippen LogP contribution >= 0.6 is 0 Å². The molecule has 0 radical (unpaired) electrons. The summed E-state index contributed by atoms with van der Waals surface area (Å²) in [6.45, 7) is 0. The molecule has 1 atom stereocenters. The van der Waals surface area contributed by atoms with Crippen LogP contribution in [-0.4, -0.2) is 22.4 Å². The normalized spacial score (nSPS) is 12.5. The fraction of sp³-hybridized carbons (Fsp3) is 0.182. The van der Waals surface area contributed by atoms with Gasteiger partial charge in [0.15, 0.2) is 0 Å². The number of aliphatic hydroxyl groups is 1. The number of H-pyrrole nitrogens is 1. The van der Waals surface area contributed by atoms with Crippen LogP contribution in [0.4, 0.5) is 8.78 Å². The summed E-state index contributed by atoms with van der Waals surface area (Å²) in [5.74, 6) is -1.67. The summed E-state index contributed by atoms with van der Waals surface area (Å²) in [6.07, 6.45) is 1.27. The van der Waals surface area contributed by atoms with Crippen molar-refractivity contribution in [1.29, 1.82) is 0 Å². The Balaban J connectivity index is 2.45. The number of rotatable bonds is 3. The first kappa shape index (κ1) is 11.5. The van der Waals surface area contributed by atoms with Crippen molar-refractivity contribution in [2.24, 2.45) is 0 Å². The molecule has 0 spiro atoms. The van der Waals surface area contributed by atoms with Gasteiger partial charge in [-0.2, -0.15) is 5.10 Å². The molecule has 17 heavy (non-hydrogen) atoms. The number of hydrogen-bond acceptors (Lipinski definition) is 3. The molecule has 6 heteroatoms. The first-order chi connectivity index (χ1) is 8.13. The molecule has 1 aromatic heterocycles. The molecule has 0 aliphatic rings. The van der Waals surface area contributed by atoms with Crippen LogP contribution in [0, 0.1) is 11.6 Å². The van der Waals surface area contributed by atoms with Crippen LogP contribution in [0.1, 0.15) is 17.2 Å². The Morgan fingerprint density at radius 3 is 2.47 bits per heavy atom. The van der Waals surface area contributed by atoms with E-state index in [1.165, 1.54) is 19.5 Å². The SMILES string of the molecule is COc1cc(F)c(C(O)c2cn[nH]c2)c(F)c1. The smallest absolute Gasteiger partial charge is 0.135 e. The van der Waals surface area contributed by atoms with E-state index in [-0.39, 0.29) is 11.3 Å². The molecule has 4 nitrogen and oxygen atoms in total. The first-order valence-electron chi connectivity index (χ1n) is 4.83. The lowest BCUT2D eigenvalue weighted by molar-refractivity contribution is 0.208. The molecule has 2 rings (SSSR count). The summed E-state index contributed by atoms with van der Waals surface area (Å²) in [5.41, 5.74) is -0.139. The number of ether oxygens (including phenoxy) is 1. The monoisotopic (exact) mass is 240 g/mol. The molecule has 0 fully saturated rings. The van der Waals surface area contributed by atoms with Crippen molar-refractivity contribution in [3.05, 3.63) is 47.3 Å². The predicted octanol–water partition coefficient (Wildman–Crippen LogP) is 1.78. The lowest BCUT2D eigenvalue weighted by Crippen LogP contribution is -2.05. The van der Waals surface area contributed by atoms with Crippen LogP contribution < -0.4 is 4.74 Å². The molecule has 1 unspecified atom stereocenters. The third-order valence-corrected chi connectivity index (χ3v) is 2.40. The van der Waals surface area contributed by atoms with Crippen molar-refractivity contribution >= 4 is 0 Å². The topological polar surface area (TPSA) is 58.1 Å². The van der Waals surface area contributed by atoms with E-state index in [0.29, 0.717) is 0 Å². The van der Waals surface area contributed by atoms with Crippen LogP contribution in [0.2, 0.25) is 0 Å². The molecule has 0 aliphatic carbocycles. The van der Waals surface area contributed by atoms with Gasteiger partial charge in [0, 0.05) is 23.9 Å². The van der Waals surface area contributed by atoms with Gasteiger partial charge in [-0.15, -0.1) is 0 Å². The molecule has 1 aromatic carbocycles. The van der Waals surface area contributed by atoms with Gasteiger partial charge >= 0.3 is 0 Å². The van der Waals surface area contributed by atoms with E-state index in [1.807, 2.05) is 0 Å². The second kappa shape index (κ2) is 4.50. The second-order valence-corrected chi connectivity index (χ2v) is 3.44. The fourth-order valence-electron chi connectivity index (χ4n) is 1.52. The molecule has 1 heterocycles. The highest BCUT2D eigenvalue weighted by Crippen LogP contribution is 2.29. The van der Waals surface area contributed by atoms with Crippen molar-refractivity contribution < 1.29 is 18.6 Å². The maximum Gasteiger partial charge on any atom is 0.135 e. The van der Waals surface area contributed by atoms with Gasteiger partial charge in [-0.1, -0.05) is 0 Å². The zero-order valence-electron chi connectivity index (χ0n) is 8.95. The molecule has 0 saturated carbocycles. The molecular formula is C11H10F2N2O2. The average molecular weight is 240 g/mol. The zero-order chi connectivity index (χ0) is 12.4. The van der Waals surface area contributed by atoms with Crippen molar-refractivity contribution in [1.82, 2.24) is 10.2 Å². The molecule has 0 amide bonds. The Morgan fingerprint density at radius 1 is 1.35 bits per heavy atom. The number of methoxy groups -OCH3 is 1. The third-order valence-electron chi connectivity index (χ3n) is 2.40. The van der Waals surface area contributed by atoms with E-state index in [9.17, 15) is 13.9 Å². The largest absolute Gasteiger partial charge is 0.497 e. The predicted molar refractivity (Wildman–Crippen MR) is 55.6 cm³/mol. The molecule has 90 valence electrons. The molecule has 2 N–H and O–H groups in total. The quantitative estimate of drug-likeness (QED) is 0.859. The number of aliphatic hydroxyl groups excluding tert-OH is 1. The van der Waals surface area contributed by atoms with Gasteiger partial charge < -0.3 is 9.84 Å². The van der Waals surface area contributed by atoms with Crippen LogP contribution in [0.15, 0.2) is 24.5 Å². The van der Waals surface area contributed by atoms with Crippen LogP contribution in [0.3, 0.4) is 0 Å². The Bertz CT molecular complexity index is 491. The van der Waals surface area contributed by atoms with Crippen molar-refractivity contribution in [3.8, 4) is 5.75 Å². The van der Waals surface area contributed by atoms with E-state index < -0.39 is 23.3 Å². The highest BCUT2D eigenvalue weighted by Gasteiger charge is 2.21. The van der Waals surface area contributed by atoms with E-state index >= 15 is 0 Å². The second-order valence-electron chi connectivity index (χ2n) is 3.44. The van der Waals surface area contributed by atoms with Gasteiger partial charge in [0.1, 0.15) is 23.5 Å². The number of nitrogens with zero attached hydrogens (tertiary/aromatic N) is 1. The number of nitrogens with one attached hydrogen (secondary N) is 1. The van der Waals surface area contributed by atoms with Crippen molar-refractivity contribution in [2.45, 2.75) is 6.10 Å². The lowest BCUT2D eigenvalue weighted by Gasteiger charge is -2.12. The molecule has 2 aromatic rings. The van der Waals surface area contributed by atoms with Gasteiger partial charge in [0.2, 0.25) is 0 Å². The Hall–Kier alpha value is -1.95. The van der Waals surface area contributed by atoms with Gasteiger partial charge in [-0.25, -0.2) is 8.78 Å². The van der Waals surface area contributed by atoms with E-state index in [4.69, 9.17) is 4.74 Å². The van der Waals surface area contributed by atoms with Crippen LogP contribution in [0.25, 0.3) is 0 Å². The lowest BCUT2D eigenvalue weighted by atomic mass is 10.0. The summed E-state index contributed by atoms with van der Waals surface area (Å²) in [4.78, 5) is 0. The Labute approximate surface area is 95.9 Å². The summed E-state index contributed by atoms with van der Waals surface area (Å²) in [6, 6.07) is 2.03. The van der Waals surface area contributed by atoms with E-state index in [0.717, 1.165) is 12.1 Å². The summed E-state index contributed by atoms with van der Waals surface area (Å²) >= 11 is 0. The van der Waals surface area contributed by atoms with Gasteiger partial charge in [-0.05, 0) is 0 Å². The van der Waals surface area contributed by atoms with Crippen molar-refractivity contribution in [3.63, 3.8) is 0 Å². The Kier molecular flexibility index (Phi) is 3.06. The highest BCUT2D eigenvalue weighted by molar-refractivity contribution is 5.35. The minimum absolute atomic E-state index is 0.0585. The summed E-state index contributed by atoms with van der Waals surface area (Å²) in [5, 5.41) is 15.9. The minimum Gasteiger partial charge on any atom is -0.497 e. The van der Waals surface area contributed by atoms with Gasteiger partial charge in [-0.3, -0.25) is 5.10 Å². The zero-order valence-corrected chi connectivity index (χ0v) is 8.95. The van der Waals surface area contributed by atoms with Crippen molar-refractivity contribution in [2.75, 3.05) is 7.11 Å². The summed E-state index contributed by atoms with van der Waals surface area (Å²) in [7, 11) is 1.31. The number of aromatic amines is 1. The number of aromatic nitrogens is 2. The number of hydrogen-bond donors (Lipinski definition) is 2. The summed E-state index contributed by atoms with van der Waals surface area (Å²) < 4.78 is 32.0. The maximum atomic E-state index is 13.6. The molecular weight excluding hydrogens is 230 g/mol. The number of benzene rings is 1. The maximum absolute atomic E-state index is 13.6. The molecule has 0 bridgehead atoms. The standard InChI is InChI=1S/C11H10F2N2O2/c1-17-7-2-8(12)10(9(13)3-7)11(16)6-4-14-15-5-6/h2-5,11,16H,1H3,(H,14,15). The van der Waals surface area contributed by atoms with Gasteiger partial charge in [0.05, 0.1) is 18.9 Å². The highest BCUT2D eigenvalue weighted by atomic mass is 19.1. The third kappa shape index (κ3) is 2.12.